The smallest absolute Gasteiger partial charge is 0.147 e. The summed E-state index contributed by atoms with van der Waals surface area (Å²) < 4.78 is 14.1. The zero-order chi connectivity index (χ0) is 13.8. The van der Waals surface area contributed by atoms with E-state index in [4.69, 9.17) is 0 Å². The fourth-order valence-corrected chi connectivity index (χ4v) is 2.11. The molecule has 0 saturated heterocycles. The Morgan fingerprint density at radius 3 is 2.58 bits per heavy atom. The molecule has 2 nitrogen and oxygen atoms in total. The highest BCUT2D eigenvalue weighted by Crippen LogP contribution is 2.27. The molecule has 0 bridgehead atoms. The maximum absolute atomic E-state index is 14.1. The van der Waals surface area contributed by atoms with Gasteiger partial charge in [-0.15, -0.1) is 0 Å². The minimum absolute atomic E-state index is 0.197. The molecule has 0 saturated carbocycles. The lowest BCUT2D eigenvalue weighted by atomic mass is 10.1. The largest absolute Gasteiger partial charge is 0.342 e. The third-order valence-electron chi connectivity index (χ3n) is 3.14. The van der Waals surface area contributed by atoms with Gasteiger partial charge < -0.3 is 10.2 Å². The van der Waals surface area contributed by atoms with Gasteiger partial charge in [0.05, 0.1) is 5.69 Å². The molecule has 0 heterocycles. The van der Waals surface area contributed by atoms with Crippen molar-refractivity contribution in [2.75, 3.05) is 19.0 Å². The van der Waals surface area contributed by atoms with Crippen LogP contribution < -0.4 is 10.2 Å². The van der Waals surface area contributed by atoms with Crippen LogP contribution in [0.15, 0.2) is 42.5 Å². The summed E-state index contributed by atoms with van der Waals surface area (Å²) in [5.41, 5.74) is 3.68. The van der Waals surface area contributed by atoms with Crippen molar-refractivity contribution in [2.45, 2.75) is 13.5 Å². The molecule has 0 aliphatic rings. The molecule has 0 atom stereocenters. The molecule has 0 aliphatic heterocycles. The first-order chi connectivity index (χ1) is 9.11. The normalized spacial score (nSPS) is 10.5. The Kier molecular flexibility index (Phi) is 4.17. The predicted molar refractivity (Wildman–Crippen MR) is 78.4 cm³/mol. The fourth-order valence-electron chi connectivity index (χ4n) is 2.11. The van der Waals surface area contributed by atoms with Gasteiger partial charge in [-0.05, 0) is 49.4 Å². The van der Waals surface area contributed by atoms with Gasteiger partial charge in [-0.3, -0.25) is 0 Å². The van der Waals surface area contributed by atoms with Crippen LogP contribution in [0.4, 0.5) is 15.8 Å². The zero-order valence-electron chi connectivity index (χ0n) is 11.6. The Morgan fingerprint density at radius 1 is 1.16 bits per heavy atom. The molecule has 0 unspecified atom stereocenters. The number of benzene rings is 2. The summed E-state index contributed by atoms with van der Waals surface area (Å²) in [5, 5.41) is 3.02. The van der Waals surface area contributed by atoms with Crippen LogP contribution >= 0.6 is 0 Å². The topological polar surface area (TPSA) is 15.3 Å². The van der Waals surface area contributed by atoms with Crippen LogP contribution in [0.5, 0.6) is 0 Å². The highest BCUT2D eigenvalue weighted by atomic mass is 19.1. The first-order valence-electron chi connectivity index (χ1n) is 6.35. The SMILES string of the molecule is CNCc1ccc(N(C)c2cccc(C)c2)c(F)c1. The van der Waals surface area contributed by atoms with E-state index in [1.54, 1.807) is 6.07 Å². The lowest BCUT2D eigenvalue weighted by Gasteiger charge is -2.21. The van der Waals surface area contributed by atoms with Crippen molar-refractivity contribution >= 4 is 11.4 Å². The van der Waals surface area contributed by atoms with E-state index in [1.807, 2.05) is 62.3 Å². The number of nitrogens with zero attached hydrogens (tertiary/aromatic N) is 1. The molecule has 2 aromatic rings. The van der Waals surface area contributed by atoms with Gasteiger partial charge in [-0.2, -0.15) is 0 Å². The Morgan fingerprint density at radius 2 is 1.95 bits per heavy atom. The highest BCUT2D eigenvalue weighted by molar-refractivity contribution is 5.63. The summed E-state index contributed by atoms with van der Waals surface area (Å²) in [6, 6.07) is 13.4. The van der Waals surface area contributed by atoms with Crippen LogP contribution in [0.1, 0.15) is 11.1 Å². The molecule has 0 radical (unpaired) electrons. The van der Waals surface area contributed by atoms with E-state index in [9.17, 15) is 4.39 Å². The average molecular weight is 258 g/mol. The number of hydrogen-bond donors (Lipinski definition) is 1. The van der Waals surface area contributed by atoms with Crippen LogP contribution in [0.2, 0.25) is 0 Å². The zero-order valence-corrected chi connectivity index (χ0v) is 11.6. The number of hydrogen-bond acceptors (Lipinski definition) is 2. The van der Waals surface area contributed by atoms with Crippen LogP contribution in [-0.4, -0.2) is 14.1 Å². The minimum atomic E-state index is -0.197. The molecule has 19 heavy (non-hydrogen) atoms. The number of aryl methyl sites for hydroxylation is 1. The van der Waals surface area contributed by atoms with Gasteiger partial charge in [0.15, 0.2) is 0 Å². The molecule has 0 amide bonds. The van der Waals surface area contributed by atoms with Crippen molar-refractivity contribution in [3.63, 3.8) is 0 Å². The number of halogens is 1. The summed E-state index contributed by atoms with van der Waals surface area (Å²) in [5.74, 6) is -0.197. The predicted octanol–water partition coefficient (Wildman–Crippen LogP) is 3.62. The molecule has 1 N–H and O–H groups in total. The average Bonchev–Trinajstić information content (AvgIpc) is 2.38. The maximum atomic E-state index is 14.1. The van der Waals surface area contributed by atoms with Crippen molar-refractivity contribution in [1.82, 2.24) is 5.32 Å². The van der Waals surface area contributed by atoms with E-state index in [1.165, 1.54) is 0 Å². The van der Waals surface area contributed by atoms with E-state index in [-0.39, 0.29) is 5.82 Å². The van der Waals surface area contributed by atoms with Crippen LogP contribution in [0.3, 0.4) is 0 Å². The van der Waals surface area contributed by atoms with Gasteiger partial charge in [-0.25, -0.2) is 4.39 Å². The molecule has 2 rings (SSSR count). The van der Waals surface area contributed by atoms with Gasteiger partial charge in [0.25, 0.3) is 0 Å². The second-order valence-corrected chi connectivity index (χ2v) is 4.71. The van der Waals surface area contributed by atoms with Crippen molar-refractivity contribution in [3.05, 3.63) is 59.4 Å². The van der Waals surface area contributed by atoms with Gasteiger partial charge in [0.2, 0.25) is 0 Å². The lowest BCUT2D eigenvalue weighted by Crippen LogP contribution is -2.12. The van der Waals surface area contributed by atoms with Crippen LogP contribution in [-0.2, 0) is 6.54 Å². The van der Waals surface area contributed by atoms with E-state index in [0.29, 0.717) is 12.2 Å². The second kappa shape index (κ2) is 5.85. The molecule has 0 fully saturated rings. The number of rotatable bonds is 4. The van der Waals surface area contributed by atoms with Gasteiger partial charge in [-0.1, -0.05) is 18.2 Å². The molecule has 0 spiro atoms. The number of nitrogens with one attached hydrogen (secondary N) is 1. The summed E-state index contributed by atoms with van der Waals surface area (Å²) >= 11 is 0. The second-order valence-electron chi connectivity index (χ2n) is 4.71. The standard InChI is InChI=1S/C16H19FN2/c1-12-5-4-6-14(9-12)19(3)16-8-7-13(11-18-2)10-15(16)17/h4-10,18H,11H2,1-3H3. The van der Waals surface area contributed by atoms with Crippen molar-refractivity contribution < 1.29 is 4.39 Å². The first kappa shape index (κ1) is 13.6. The third-order valence-corrected chi connectivity index (χ3v) is 3.14. The molecule has 3 heteroatoms. The van der Waals surface area contributed by atoms with Gasteiger partial charge in [0.1, 0.15) is 5.82 Å². The molecule has 2 aromatic carbocycles. The Labute approximate surface area is 113 Å². The molecule has 0 aromatic heterocycles. The van der Waals surface area contributed by atoms with Gasteiger partial charge in [0, 0.05) is 19.3 Å². The van der Waals surface area contributed by atoms with Gasteiger partial charge >= 0.3 is 0 Å². The molecule has 100 valence electrons. The Balaban J connectivity index is 2.31. The van der Waals surface area contributed by atoms with E-state index in [2.05, 4.69) is 5.32 Å². The van der Waals surface area contributed by atoms with Crippen molar-refractivity contribution in [3.8, 4) is 0 Å². The van der Waals surface area contributed by atoms with Crippen molar-refractivity contribution in [2.24, 2.45) is 0 Å². The monoisotopic (exact) mass is 258 g/mol. The summed E-state index contributed by atoms with van der Waals surface area (Å²) in [7, 11) is 3.73. The quantitative estimate of drug-likeness (QED) is 0.901. The third kappa shape index (κ3) is 3.12. The Hall–Kier alpha value is -1.87. The summed E-state index contributed by atoms with van der Waals surface area (Å²) in [4.78, 5) is 1.87. The highest BCUT2D eigenvalue weighted by Gasteiger charge is 2.10. The van der Waals surface area contributed by atoms with E-state index >= 15 is 0 Å². The first-order valence-corrected chi connectivity index (χ1v) is 6.35. The fraction of sp³-hybridized carbons (Fsp3) is 0.250. The summed E-state index contributed by atoms with van der Waals surface area (Å²) in [6.07, 6.45) is 0. The van der Waals surface area contributed by atoms with E-state index < -0.39 is 0 Å². The lowest BCUT2D eigenvalue weighted by molar-refractivity contribution is 0.623. The maximum Gasteiger partial charge on any atom is 0.147 e. The van der Waals surface area contributed by atoms with E-state index in [0.717, 1.165) is 16.8 Å². The number of anilines is 2. The molecular formula is C16H19FN2. The van der Waals surface area contributed by atoms with Crippen LogP contribution in [0.25, 0.3) is 0 Å². The Bertz CT molecular complexity index is 566. The van der Waals surface area contributed by atoms with Crippen LogP contribution in [0, 0.1) is 12.7 Å². The molecule has 0 aliphatic carbocycles. The molecular weight excluding hydrogens is 239 g/mol. The summed E-state index contributed by atoms with van der Waals surface area (Å²) in [6.45, 7) is 2.70. The van der Waals surface area contributed by atoms with Crippen molar-refractivity contribution in [1.29, 1.82) is 0 Å². The minimum Gasteiger partial charge on any atom is -0.342 e.